The van der Waals surface area contributed by atoms with E-state index in [1.54, 1.807) is 27.0 Å². The number of nitrogens with zero attached hydrogens (tertiary/aromatic N) is 2. The number of aryl methyl sites for hydroxylation is 1. The van der Waals surface area contributed by atoms with Gasteiger partial charge in [0.15, 0.2) is 0 Å². The van der Waals surface area contributed by atoms with Crippen LogP contribution in [-0.4, -0.2) is 40.1 Å². The fourth-order valence-electron chi connectivity index (χ4n) is 1.42. The van der Waals surface area contributed by atoms with Crippen LogP contribution in [0.25, 0.3) is 0 Å². The van der Waals surface area contributed by atoms with Crippen LogP contribution in [0.5, 0.6) is 0 Å². The van der Waals surface area contributed by atoms with E-state index in [-0.39, 0.29) is 24.8 Å². The highest BCUT2D eigenvalue weighted by Crippen LogP contribution is 2.07. The van der Waals surface area contributed by atoms with Gasteiger partial charge in [-0.15, -0.1) is 0 Å². The number of carboxylic acid groups (broad SMARTS) is 1. The number of carbonyl (C=O) groups is 2. The summed E-state index contributed by atoms with van der Waals surface area (Å²) in [7, 11) is 1.59. The Kier molecular flexibility index (Phi) is 4.25. The largest absolute Gasteiger partial charge is 0.481 e. The van der Waals surface area contributed by atoms with Gasteiger partial charge in [0, 0.05) is 19.2 Å². The summed E-state index contributed by atoms with van der Waals surface area (Å²) in [5.74, 6) is -0.449. The second-order valence-electron chi connectivity index (χ2n) is 4.06. The van der Waals surface area contributed by atoms with Crippen molar-refractivity contribution in [3.63, 3.8) is 0 Å². The number of carboxylic acids is 1. The summed E-state index contributed by atoms with van der Waals surface area (Å²) < 4.78 is 4.86. The van der Waals surface area contributed by atoms with Gasteiger partial charge in [0.2, 0.25) is 5.91 Å². The molecule has 0 bridgehead atoms. The molecule has 94 valence electrons. The molecular weight excluding hydrogens is 224 g/mol. The molecule has 1 N–H and O–H groups in total. The predicted octanol–water partition coefficient (Wildman–Crippen LogP) is 0.847. The molecule has 1 aromatic rings. The first-order valence-electron chi connectivity index (χ1n) is 5.29. The average Bonchev–Trinajstić information content (AvgIpc) is 2.61. The Hall–Kier alpha value is -1.85. The molecule has 17 heavy (non-hydrogen) atoms. The minimum Gasteiger partial charge on any atom is -0.481 e. The van der Waals surface area contributed by atoms with E-state index < -0.39 is 5.97 Å². The van der Waals surface area contributed by atoms with Crippen LogP contribution in [0.15, 0.2) is 10.6 Å². The summed E-state index contributed by atoms with van der Waals surface area (Å²) in [6.45, 7) is 3.44. The quantitative estimate of drug-likeness (QED) is 0.824. The lowest BCUT2D eigenvalue weighted by Gasteiger charge is -2.23. The summed E-state index contributed by atoms with van der Waals surface area (Å²) in [5.41, 5.74) is 0.557. The zero-order chi connectivity index (χ0) is 13.0. The Morgan fingerprint density at radius 2 is 2.24 bits per heavy atom. The standard InChI is InChI=1S/C11H16N2O4/c1-7(4-11(15)16)13(3)10(14)6-9-5-8(2)17-12-9/h5,7H,4,6H2,1-3H3,(H,15,16). The van der Waals surface area contributed by atoms with Crippen molar-refractivity contribution in [3.05, 3.63) is 17.5 Å². The number of hydrogen-bond acceptors (Lipinski definition) is 4. The predicted molar refractivity (Wildman–Crippen MR) is 59.4 cm³/mol. The van der Waals surface area contributed by atoms with Crippen LogP contribution in [0, 0.1) is 6.92 Å². The number of aliphatic carboxylic acids is 1. The molecule has 1 rings (SSSR count). The SMILES string of the molecule is Cc1cc(CC(=O)N(C)C(C)CC(=O)O)no1. The molecular formula is C11H16N2O4. The van der Waals surface area contributed by atoms with Gasteiger partial charge in [0.25, 0.3) is 0 Å². The minimum atomic E-state index is -0.922. The molecule has 1 amide bonds. The Balaban J connectivity index is 2.55. The Morgan fingerprint density at radius 3 is 2.71 bits per heavy atom. The fourth-order valence-corrected chi connectivity index (χ4v) is 1.42. The van der Waals surface area contributed by atoms with E-state index in [4.69, 9.17) is 9.63 Å². The third kappa shape index (κ3) is 3.90. The van der Waals surface area contributed by atoms with Gasteiger partial charge in [-0.3, -0.25) is 9.59 Å². The molecule has 0 aliphatic rings. The summed E-state index contributed by atoms with van der Waals surface area (Å²) in [5, 5.41) is 12.4. The molecule has 0 aromatic carbocycles. The number of hydrogen-bond donors (Lipinski definition) is 1. The zero-order valence-electron chi connectivity index (χ0n) is 10.1. The molecule has 1 heterocycles. The maximum atomic E-state index is 11.8. The van der Waals surface area contributed by atoms with Gasteiger partial charge >= 0.3 is 5.97 Å². The maximum absolute atomic E-state index is 11.8. The van der Waals surface area contributed by atoms with E-state index in [1.165, 1.54) is 4.90 Å². The Bertz CT molecular complexity index is 413. The first-order valence-corrected chi connectivity index (χ1v) is 5.29. The molecule has 0 saturated heterocycles. The normalized spacial score (nSPS) is 12.2. The maximum Gasteiger partial charge on any atom is 0.305 e. The molecule has 0 aliphatic carbocycles. The second kappa shape index (κ2) is 5.47. The van der Waals surface area contributed by atoms with Gasteiger partial charge in [0.1, 0.15) is 5.76 Å². The molecule has 0 saturated carbocycles. The topological polar surface area (TPSA) is 83.6 Å². The van der Waals surface area contributed by atoms with Gasteiger partial charge in [0.05, 0.1) is 18.5 Å². The van der Waals surface area contributed by atoms with Crippen molar-refractivity contribution >= 4 is 11.9 Å². The van der Waals surface area contributed by atoms with Crippen LogP contribution in [0.3, 0.4) is 0 Å². The van der Waals surface area contributed by atoms with Crippen molar-refractivity contribution in [1.82, 2.24) is 10.1 Å². The smallest absolute Gasteiger partial charge is 0.305 e. The van der Waals surface area contributed by atoms with Crippen LogP contribution in [0.4, 0.5) is 0 Å². The summed E-state index contributed by atoms with van der Waals surface area (Å²) in [6.07, 6.45) is 0.0535. The lowest BCUT2D eigenvalue weighted by Crippen LogP contribution is -2.37. The first-order chi connectivity index (χ1) is 7.90. The molecule has 1 unspecified atom stereocenters. The Labute approximate surface area is 99.2 Å². The van der Waals surface area contributed by atoms with Crippen molar-refractivity contribution in [2.45, 2.75) is 32.7 Å². The minimum absolute atomic E-state index is 0.0694. The molecule has 1 aromatic heterocycles. The van der Waals surface area contributed by atoms with Crippen LogP contribution in [0.1, 0.15) is 24.8 Å². The number of amides is 1. The van der Waals surface area contributed by atoms with E-state index >= 15 is 0 Å². The number of aromatic nitrogens is 1. The molecule has 0 radical (unpaired) electrons. The summed E-state index contributed by atoms with van der Waals surface area (Å²) in [6, 6.07) is 1.35. The summed E-state index contributed by atoms with van der Waals surface area (Å²) >= 11 is 0. The first kappa shape index (κ1) is 13.2. The van der Waals surface area contributed by atoms with Crippen molar-refractivity contribution < 1.29 is 19.2 Å². The third-order valence-electron chi connectivity index (χ3n) is 2.53. The van der Waals surface area contributed by atoms with Crippen molar-refractivity contribution in [3.8, 4) is 0 Å². The monoisotopic (exact) mass is 240 g/mol. The van der Waals surface area contributed by atoms with Crippen molar-refractivity contribution in [2.75, 3.05) is 7.05 Å². The Morgan fingerprint density at radius 1 is 1.59 bits per heavy atom. The van der Waals surface area contributed by atoms with Crippen LogP contribution in [0.2, 0.25) is 0 Å². The lowest BCUT2D eigenvalue weighted by atomic mass is 10.2. The highest BCUT2D eigenvalue weighted by molar-refractivity contribution is 5.79. The van der Waals surface area contributed by atoms with E-state index in [0.717, 1.165) is 0 Å². The number of rotatable bonds is 5. The fraction of sp³-hybridized carbons (Fsp3) is 0.545. The van der Waals surface area contributed by atoms with Gasteiger partial charge in [-0.1, -0.05) is 5.16 Å². The van der Waals surface area contributed by atoms with Gasteiger partial charge in [-0.05, 0) is 13.8 Å². The molecule has 6 heteroatoms. The van der Waals surface area contributed by atoms with Crippen LogP contribution >= 0.6 is 0 Å². The molecule has 6 nitrogen and oxygen atoms in total. The van der Waals surface area contributed by atoms with Gasteiger partial charge in [-0.2, -0.15) is 0 Å². The van der Waals surface area contributed by atoms with Crippen molar-refractivity contribution in [2.24, 2.45) is 0 Å². The zero-order valence-corrected chi connectivity index (χ0v) is 10.1. The van der Waals surface area contributed by atoms with Gasteiger partial charge < -0.3 is 14.5 Å². The molecule has 0 spiro atoms. The van der Waals surface area contributed by atoms with Crippen LogP contribution in [-0.2, 0) is 16.0 Å². The van der Waals surface area contributed by atoms with E-state index in [1.807, 2.05) is 0 Å². The molecule has 0 fully saturated rings. The van der Waals surface area contributed by atoms with Crippen LogP contribution < -0.4 is 0 Å². The average molecular weight is 240 g/mol. The van der Waals surface area contributed by atoms with E-state index in [0.29, 0.717) is 11.5 Å². The highest BCUT2D eigenvalue weighted by atomic mass is 16.5. The third-order valence-corrected chi connectivity index (χ3v) is 2.53. The van der Waals surface area contributed by atoms with Gasteiger partial charge in [-0.25, -0.2) is 0 Å². The lowest BCUT2D eigenvalue weighted by molar-refractivity contribution is -0.139. The summed E-state index contributed by atoms with van der Waals surface area (Å²) in [4.78, 5) is 23.7. The van der Waals surface area contributed by atoms with E-state index in [9.17, 15) is 9.59 Å². The van der Waals surface area contributed by atoms with Crippen molar-refractivity contribution in [1.29, 1.82) is 0 Å². The molecule has 0 aliphatic heterocycles. The number of likely N-dealkylation sites (N-methyl/N-ethyl adjacent to an activating group) is 1. The number of carbonyl (C=O) groups excluding carboxylic acids is 1. The molecule has 1 atom stereocenters. The second-order valence-corrected chi connectivity index (χ2v) is 4.06. The highest BCUT2D eigenvalue weighted by Gasteiger charge is 2.19. The van der Waals surface area contributed by atoms with E-state index in [2.05, 4.69) is 5.16 Å².